The first kappa shape index (κ1) is 13.8. The summed E-state index contributed by atoms with van der Waals surface area (Å²) in [5, 5.41) is 9.68. The second-order valence-electron chi connectivity index (χ2n) is 5.22. The molecule has 0 spiro atoms. The average Bonchev–Trinajstić information content (AvgIpc) is 3.07. The predicted octanol–water partition coefficient (Wildman–Crippen LogP) is 0.762. The molecule has 2 aromatic rings. The minimum atomic E-state index is -0.536. The molecule has 1 amide bonds. The third-order valence-corrected chi connectivity index (χ3v) is 3.66. The lowest BCUT2D eigenvalue weighted by atomic mass is 10.2. The van der Waals surface area contributed by atoms with Crippen LogP contribution in [-0.4, -0.2) is 39.6 Å². The fourth-order valence-electron chi connectivity index (χ4n) is 2.64. The number of amides is 1. The van der Waals surface area contributed by atoms with Crippen molar-refractivity contribution in [2.24, 2.45) is 5.73 Å². The van der Waals surface area contributed by atoms with Gasteiger partial charge in [0.05, 0.1) is 24.9 Å². The largest absolute Gasteiger partial charge is 0.439 e. The fourth-order valence-corrected chi connectivity index (χ4v) is 2.64. The first-order valence-corrected chi connectivity index (χ1v) is 6.85. The SMILES string of the molecule is NC(=O)[C@@H]1C[C@H](O)CN1Cc1ncc(-c2ccccc2)o1. The quantitative estimate of drug-likeness (QED) is 0.866. The Labute approximate surface area is 122 Å². The van der Waals surface area contributed by atoms with Crippen molar-refractivity contribution in [3.05, 3.63) is 42.4 Å². The molecule has 1 fully saturated rings. The van der Waals surface area contributed by atoms with Crippen LogP contribution in [0.25, 0.3) is 11.3 Å². The lowest BCUT2D eigenvalue weighted by Gasteiger charge is -2.19. The summed E-state index contributed by atoms with van der Waals surface area (Å²) in [6, 6.07) is 9.21. The van der Waals surface area contributed by atoms with Crippen LogP contribution in [0.2, 0.25) is 0 Å². The maximum absolute atomic E-state index is 11.4. The summed E-state index contributed by atoms with van der Waals surface area (Å²) < 4.78 is 5.71. The maximum atomic E-state index is 11.4. The second-order valence-corrected chi connectivity index (χ2v) is 5.22. The number of aliphatic hydroxyl groups excluding tert-OH is 1. The molecule has 6 nitrogen and oxygen atoms in total. The van der Waals surface area contributed by atoms with Crippen molar-refractivity contribution in [2.75, 3.05) is 6.54 Å². The van der Waals surface area contributed by atoms with E-state index >= 15 is 0 Å². The van der Waals surface area contributed by atoms with E-state index in [2.05, 4.69) is 4.98 Å². The number of aromatic nitrogens is 1. The number of benzene rings is 1. The monoisotopic (exact) mass is 287 g/mol. The molecule has 0 saturated carbocycles. The molecule has 3 N–H and O–H groups in total. The van der Waals surface area contributed by atoms with Gasteiger partial charge in [-0.05, 0) is 6.42 Å². The molecule has 0 unspecified atom stereocenters. The number of oxazole rings is 1. The number of rotatable bonds is 4. The number of aliphatic hydroxyl groups is 1. The molecule has 1 aromatic heterocycles. The highest BCUT2D eigenvalue weighted by Gasteiger charge is 2.35. The van der Waals surface area contributed by atoms with Gasteiger partial charge < -0.3 is 15.3 Å². The summed E-state index contributed by atoms with van der Waals surface area (Å²) in [6.07, 6.45) is 1.49. The minimum absolute atomic E-state index is 0.359. The highest BCUT2D eigenvalue weighted by Crippen LogP contribution is 2.23. The molecule has 21 heavy (non-hydrogen) atoms. The van der Waals surface area contributed by atoms with E-state index in [1.165, 1.54) is 0 Å². The van der Waals surface area contributed by atoms with Crippen molar-refractivity contribution in [2.45, 2.75) is 25.1 Å². The zero-order chi connectivity index (χ0) is 14.8. The zero-order valence-corrected chi connectivity index (χ0v) is 11.5. The van der Waals surface area contributed by atoms with Crippen LogP contribution in [0.4, 0.5) is 0 Å². The van der Waals surface area contributed by atoms with Crippen molar-refractivity contribution < 1.29 is 14.3 Å². The molecule has 1 aromatic carbocycles. The van der Waals surface area contributed by atoms with Crippen LogP contribution in [0.5, 0.6) is 0 Å². The molecule has 0 radical (unpaired) electrons. The summed E-state index contributed by atoms with van der Waals surface area (Å²) in [5.74, 6) is 0.761. The number of likely N-dealkylation sites (tertiary alicyclic amines) is 1. The molecular weight excluding hydrogens is 270 g/mol. The van der Waals surface area contributed by atoms with Crippen LogP contribution < -0.4 is 5.73 Å². The fraction of sp³-hybridized carbons (Fsp3) is 0.333. The van der Waals surface area contributed by atoms with Crippen LogP contribution in [0.15, 0.2) is 40.9 Å². The van der Waals surface area contributed by atoms with E-state index in [4.69, 9.17) is 10.2 Å². The number of carbonyl (C=O) groups is 1. The Morgan fingerprint density at radius 1 is 1.43 bits per heavy atom. The number of nitrogens with zero attached hydrogens (tertiary/aromatic N) is 2. The molecule has 0 aliphatic carbocycles. The van der Waals surface area contributed by atoms with Crippen LogP contribution >= 0.6 is 0 Å². The lowest BCUT2D eigenvalue weighted by Crippen LogP contribution is -2.39. The molecule has 1 aliphatic rings. The van der Waals surface area contributed by atoms with Gasteiger partial charge in [-0.15, -0.1) is 0 Å². The van der Waals surface area contributed by atoms with E-state index in [0.717, 1.165) is 5.56 Å². The molecule has 110 valence electrons. The van der Waals surface area contributed by atoms with Gasteiger partial charge in [0.2, 0.25) is 11.8 Å². The van der Waals surface area contributed by atoms with Crippen molar-refractivity contribution >= 4 is 5.91 Å². The number of carbonyl (C=O) groups excluding carboxylic acids is 1. The van der Waals surface area contributed by atoms with Crippen molar-refractivity contribution in [3.63, 3.8) is 0 Å². The number of hydrogen-bond acceptors (Lipinski definition) is 5. The van der Waals surface area contributed by atoms with E-state index in [9.17, 15) is 9.90 Å². The van der Waals surface area contributed by atoms with Crippen LogP contribution in [-0.2, 0) is 11.3 Å². The lowest BCUT2D eigenvalue weighted by molar-refractivity contribution is -0.122. The first-order chi connectivity index (χ1) is 10.1. The van der Waals surface area contributed by atoms with Gasteiger partial charge in [-0.1, -0.05) is 30.3 Å². The van der Waals surface area contributed by atoms with Crippen molar-refractivity contribution in [1.82, 2.24) is 9.88 Å². The molecule has 2 heterocycles. The first-order valence-electron chi connectivity index (χ1n) is 6.85. The predicted molar refractivity (Wildman–Crippen MR) is 76.0 cm³/mol. The summed E-state index contributed by atoms with van der Waals surface area (Å²) in [5.41, 5.74) is 6.31. The van der Waals surface area contributed by atoms with Crippen LogP contribution in [0, 0.1) is 0 Å². The third kappa shape index (κ3) is 2.96. The van der Waals surface area contributed by atoms with Crippen molar-refractivity contribution in [3.8, 4) is 11.3 Å². The zero-order valence-electron chi connectivity index (χ0n) is 11.5. The van der Waals surface area contributed by atoms with E-state index in [0.29, 0.717) is 31.2 Å². The molecule has 2 atom stereocenters. The molecule has 6 heteroatoms. The highest BCUT2D eigenvalue weighted by molar-refractivity contribution is 5.80. The maximum Gasteiger partial charge on any atom is 0.234 e. The summed E-state index contributed by atoms with van der Waals surface area (Å²) in [4.78, 5) is 17.4. The topological polar surface area (TPSA) is 92.6 Å². The van der Waals surface area contributed by atoms with Gasteiger partial charge in [-0.3, -0.25) is 9.69 Å². The Kier molecular flexibility index (Phi) is 3.72. The van der Waals surface area contributed by atoms with Crippen LogP contribution in [0.3, 0.4) is 0 Å². The standard InChI is InChI=1S/C15H17N3O3/c16-15(20)12-6-11(19)8-18(12)9-14-17-7-13(21-14)10-4-2-1-3-5-10/h1-5,7,11-12,19H,6,8-9H2,(H2,16,20)/t11-,12-/m0/s1. The number of nitrogens with two attached hydrogens (primary N) is 1. The third-order valence-electron chi connectivity index (χ3n) is 3.66. The molecule has 0 bridgehead atoms. The average molecular weight is 287 g/mol. The van der Waals surface area contributed by atoms with Gasteiger partial charge in [-0.2, -0.15) is 0 Å². The van der Waals surface area contributed by atoms with E-state index in [1.807, 2.05) is 30.3 Å². The van der Waals surface area contributed by atoms with Gasteiger partial charge in [0.1, 0.15) is 0 Å². The van der Waals surface area contributed by atoms with Gasteiger partial charge in [0, 0.05) is 12.1 Å². The van der Waals surface area contributed by atoms with Gasteiger partial charge in [0.25, 0.3) is 0 Å². The smallest absolute Gasteiger partial charge is 0.234 e. The van der Waals surface area contributed by atoms with Crippen LogP contribution in [0.1, 0.15) is 12.3 Å². The van der Waals surface area contributed by atoms with Crippen molar-refractivity contribution in [1.29, 1.82) is 0 Å². The van der Waals surface area contributed by atoms with Gasteiger partial charge >= 0.3 is 0 Å². The Bertz CT molecular complexity index is 626. The van der Waals surface area contributed by atoms with Gasteiger partial charge in [0.15, 0.2) is 5.76 Å². The minimum Gasteiger partial charge on any atom is -0.439 e. The summed E-state index contributed by atoms with van der Waals surface area (Å²) >= 11 is 0. The summed E-state index contributed by atoms with van der Waals surface area (Å²) in [7, 11) is 0. The Balaban J connectivity index is 1.74. The Morgan fingerprint density at radius 3 is 2.90 bits per heavy atom. The number of β-amino-alcohol motifs (C(OH)–C–C–N with tert-alkyl or cyclic N) is 1. The second kappa shape index (κ2) is 5.67. The highest BCUT2D eigenvalue weighted by atomic mass is 16.4. The van der Waals surface area contributed by atoms with Gasteiger partial charge in [-0.25, -0.2) is 4.98 Å². The number of hydrogen-bond donors (Lipinski definition) is 2. The molecule has 1 saturated heterocycles. The Morgan fingerprint density at radius 2 is 2.19 bits per heavy atom. The summed E-state index contributed by atoms with van der Waals surface area (Å²) in [6.45, 7) is 0.758. The molecule has 3 rings (SSSR count). The molecule has 1 aliphatic heterocycles. The van der Waals surface area contributed by atoms with E-state index in [1.54, 1.807) is 11.1 Å². The van der Waals surface area contributed by atoms with E-state index < -0.39 is 18.1 Å². The Hall–Kier alpha value is -2.18. The number of primary amides is 1. The molecular formula is C15H17N3O3. The van der Waals surface area contributed by atoms with E-state index in [-0.39, 0.29) is 0 Å². The normalized spacial score (nSPS) is 22.5.